The van der Waals surface area contributed by atoms with E-state index in [-0.39, 0.29) is 22.0 Å². The lowest BCUT2D eigenvalue weighted by Gasteiger charge is -2.11. The molecule has 0 fully saturated rings. The van der Waals surface area contributed by atoms with Crippen LogP contribution in [0.15, 0.2) is 65.0 Å². The molecule has 0 amide bonds. The van der Waals surface area contributed by atoms with Gasteiger partial charge in [-0.05, 0) is 41.5 Å². The number of benzene rings is 3. The normalized spacial score (nSPS) is 11.4. The maximum absolute atomic E-state index is 12.9. The zero-order valence-electron chi connectivity index (χ0n) is 16.6. The van der Waals surface area contributed by atoms with Gasteiger partial charge in [0, 0.05) is 10.9 Å². The number of carboxylic acid groups (broad SMARTS) is 1. The van der Waals surface area contributed by atoms with Crippen molar-refractivity contribution in [3.05, 3.63) is 71.1 Å². The molecule has 1 heterocycles. The maximum Gasteiger partial charge on any atom is 0.335 e. The highest BCUT2D eigenvalue weighted by atomic mass is 32.2. The van der Waals surface area contributed by atoms with Gasteiger partial charge in [0.2, 0.25) is 0 Å². The Kier molecular flexibility index (Phi) is 5.38. The Bertz CT molecular complexity index is 1410. The number of carbonyl (C=O) groups is 1. The number of aryl methyl sites for hydroxylation is 1. The van der Waals surface area contributed by atoms with Gasteiger partial charge in [-0.3, -0.25) is 4.72 Å². The summed E-state index contributed by atoms with van der Waals surface area (Å²) in [6.45, 7) is 1.96. The molecule has 0 radical (unpaired) electrons. The van der Waals surface area contributed by atoms with E-state index in [1.54, 1.807) is 0 Å². The number of fused-ring (bicyclic) bond motifs is 1. The molecule has 0 saturated heterocycles. The highest BCUT2D eigenvalue weighted by Crippen LogP contribution is 2.35. The molecule has 9 heteroatoms. The van der Waals surface area contributed by atoms with Crippen molar-refractivity contribution in [2.24, 2.45) is 0 Å². The Morgan fingerprint density at radius 3 is 2.65 bits per heavy atom. The van der Waals surface area contributed by atoms with E-state index < -0.39 is 16.0 Å². The highest BCUT2D eigenvalue weighted by molar-refractivity contribution is 7.92. The maximum atomic E-state index is 12.9. The molecule has 0 spiro atoms. The molecular weight excluding hydrogens is 436 g/mol. The Morgan fingerprint density at radius 2 is 1.90 bits per heavy atom. The molecule has 31 heavy (non-hydrogen) atoms. The minimum atomic E-state index is -4.01. The van der Waals surface area contributed by atoms with Crippen LogP contribution in [-0.4, -0.2) is 31.6 Å². The second-order valence-electron chi connectivity index (χ2n) is 6.80. The monoisotopic (exact) mass is 454 g/mol. The van der Waals surface area contributed by atoms with Crippen LogP contribution in [0.5, 0.6) is 5.75 Å². The largest absolute Gasteiger partial charge is 0.495 e. The van der Waals surface area contributed by atoms with Crippen LogP contribution < -0.4 is 9.46 Å². The third-order valence-corrected chi connectivity index (χ3v) is 7.06. The quantitative estimate of drug-likeness (QED) is 0.434. The van der Waals surface area contributed by atoms with E-state index in [4.69, 9.17) is 9.84 Å². The number of nitrogens with zero attached hydrogens (tertiary/aromatic N) is 1. The molecule has 158 valence electrons. The fourth-order valence-electron chi connectivity index (χ4n) is 3.27. The van der Waals surface area contributed by atoms with Crippen molar-refractivity contribution in [1.29, 1.82) is 0 Å². The molecule has 0 unspecified atom stereocenters. The van der Waals surface area contributed by atoms with Gasteiger partial charge in [-0.25, -0.2) is 9.78 Å². The first-order valence-corrected chi connectivity index (χ1v) is 11.5. The third kappa shape index (κ3) is 3.97. The van der Waals surface area contributed by atoms with Crippen LogP contribution in [0, 0.1) is 6.92 Å². The lowest BCUT2D eigenvalue weighted by molar-refractivity contribution is 0.0696. The Hall–Kier alpha value is -3.43. The van der Waals surface area contributed by atoms with Gasteiger partial charge in [0.15, 0.2) is 5.03 Å². The number of hydrogen-bond donors (Lipinski definition) is 2. The first-order valence-electron chi connectivity index (χ1n) is 9.18. The van der Waals surface area contributed by atoms with E-state index in [1.807, 2.05) is 43.3 Å². The van der Waals surface area contributed by atoms with E-state index in [1.165, 1.54) is 42.0 Å². The molecule has 1 aromatic heterocycles. The topological polar surface area (TPSA) is 106 Å². The van der Waals surface area contributed by atoms with Gasteiger partial charge in [-0.15, -0.1) is 11.3 Å². The standard InChI is InChI=1S/C22H18N2O5S2/c1-13-7-8-14-5-3-4-6-16(14)20(13)21-23-19(12-30-21)31(27,28)24-17-10-9-15(22(25)26)11-18(17)29-2/h3-12,24H,1-2H3,(H,25,26). The molecule has 0 atom stereocenters. The van der Waals surface area contributed by atoms with Gasteiger partial charge in [-0.2, -0.15) is 8.42 Å². The first kappa shape index (κ1) is 20.8. The minimum absolute atomic E-state index is 0.0119. The molecule has 2 N–H and O–H groups in total. The predicted molar refractivity (Wildman–Crippen MR) is 121 cm³/mol. The number of aromatic nitrogens is 1. The number of methoxy groups -OCH3 is 1. The first-order chi connectivity index (χ1) is 14.8. The average molecular weight is 455 g/mol. The number of anilines is 1. The van der Waals surface area contributed by atoms with Gasteiger partial charge in [-0.1, -0.05) is 36.4 Å². The summed E-state index contributed by atoms with van der Waals surface area (Å²) >= 11 is 1.25. The van der Waals surface area contributed by atoms with Gasteiger partial charge in [0.1, 0.15) is 10.8 Å². The van der Waals surface area contributed by atoms with Gasteiger partial charge < -0.3 is 9.84 Å². The van der Waals surface area contributed by atoms with Crippen molar-refractivity contribution in [2.45, 2.75) is 11.9 Å². The highest BCUT2D eigenvalue weighted by Gasteiger charge is 2.22. The van der Waals surface area contributed by atoms with Crippen molar-refractivity contribution >= 4 is 43.8 Å². The van der Waals surface area contributed by atoms with Crippen molar-refractivity contribution in [2.75, 3.05) is 11.8 Å². The van der Waals surface area contributed by atoms with E-state index in [0.717, 1.165) is 21.9 Å². The lowest BCUT2D eigenvalue weighted by Crippen LogP contribution is -2.14. The molecule has 7 nitrogen and oxygen atoms in total. The number of hydrogen-bond acceptors (Lipinski definition) is 6. The van der Waals surface area contributed by atoms with Crippen LogP contribution in [0.1, 0.15) is 15.9 Å². The number of sulfonamides is 1. The molecule has 0 saturated carbocycles. The van der Waals surface area contributed by atoms with Crippen LogP contribution >= 0.6 is 11.3 Å². The van der Waals surface area contributed by atoms with Gasteiger partial charge in [0.25, 0.3) is 10.0 Å². The summed E-state index contributed by atoms with van der Waals surface area (Å²) in [5.41, 5.74) is 2.01. The van der Waals surface area contributed by atoms with E-state index in [0.29, 0.717) is 5.01 Å². The van der Waals surface area contributed by atoms with E-state index in [9.17, 15) is 13.2 Å². The van der Waals surface area contributed by atoms with Crippen molar-refractivity contribution in [3.8, 4) is 16.3 Å². The summed E-state index contributed by atoms with van der Waals surface area (Å²) in [5.74, 6) is -1.04. The SMILES string of the molecule is COc1cc(C(=O)O)ccc1NS(=O)(=O)c1csc(-c2c(C)ccc3ccccc23)n1. The van der Waals surface area contributed by atoms with Gasteiger partial charge in [0.05, 0.1) is 18.4 Å². The number of rotatable bonds is 6. The molecule has 0 aliphatic carbocycles. The molecule has 4 aromatic rings. The zero-order chi connectivity index (χ0) is 22.2. The van der Waals surface area contributed by atoms with Crippen LogP contribution in [0.2, 0.25) is 0 Å². The Balaban J connectivity index is 1.72. The lowest BCUT2D eigenvalue weighted by atomic mass is 10.0. The number of thiazole rings is 1. The van der Waals surface area contributed by atoms with Crippen molar-refractivity contribution in [3.63, 3.8) is 0 Å². The molecule has 0 aliphatic rings. The Labute approximate surface area is 183 Å². The second-order valence-corrected chi connectivity index (χ2v) is 9.28. The van der Waals surface area contributed by atoms with Crippen LogP contribution in [-0.2, 0) is 10.0 Å². The summed E-state index contributed by atoms with van der Waals surface area (Å²) < 4.78 is 33.5. The third-order valence-electron chi connectivity index (χ3n) is 4.80. The molecule has 0 aliphatic heterocycles. The molecule has 3 aromatic carbocycles. The summed E-state index contributed by atoms with van der Waals surface area (Å²) in [4.78, 5) is 15.5. The fraction of sp³-hybridized carbons (Fsp3) is 0.0909. The second kappa shape index (κ2) is 8.01. The molecular formula is C22H18N2O5S2. The van der Waals surface area contributed by atoms with Gasteiger partial charge >= 0.3 is 5.97 Å². The number of aromatic carboxylic acids is 1. The molecule has 0 bridgehead atoms. The summed E-state index contributed by atoms with van der Waals surface area (Å²) in [5, 5.41) is 13.1. The summed E-state index contributed by atoms with van der Waals surface area (Å²) in [7, 11) is -2.67. The zero-order valence-corrected chi connectivity index (χ0v) is 18.3. The smallest absolute Gasteiger partial charge is 0.335 e. The van der Waals surface area contributed by atoms with Crippen LogP contribution in [0.25, 0.3) is 21.3 Å². The van der Waals surface area contributed by atoms with Crippen molar-refractivity contribution < 1.29 is 23.1 Å². The Morgan fingerprint density at radius 1 is 1.13 bits per heavy atom. The predicted octanol–water partition coefficient (Wildman–Crippen LogP) is 4.78. The van der Waals surface area contributed by atoms with E-state index >= 15 is 0 Å². The fourth-order valence-corrected chi connectivity index (χ4v) is 5.56. The average Bonchev–Trinajstić information content (AvgIpc) is 3.24. The number of ether oxygens (including phenoxy) is 1. The van der Waals surface area contributed by atoms with E-state index in [2.05, 4.69) is 9.71 Å². The summed E-state index contributed by atoms with van der Waals surface area (Å²) in [6, 6.07) is 15.8. The minimum Gasteiger partial charge on any atom is -0.495 e. The van der Waals surface area contributed by atoms with Crippen molar-refractivity contribution in [1.82, 2.24) is 4.98 Å². The van der Waals surface area contributed by atoms with Crippen LogP contribution in [0.3, 0.4) is 0 Å². The van der Waals surface area contributed by atoms with Crippen LogP contribution in [0.4, 0.5) is 5.69 Å². The number of carboxylic acids is 1. The summed E-state index contributed by atoms with van der Waals surface area (Å²) in [6.07, 6.45) is 0. The number of nitrogens with one attached hydrogen (secondary N) is 1. The molecule has 4 rings (SSSR count).